The molecule has 0 radical (unpaired) electrons. The first-order chi connectivity index (χ1) is 8.99. The molecule has 0 aromatic heterocycles. The fraction of sp³-hybridized carbons (Fsp3) is 1.00. The predicted octanol–water partition coefficient (Wildman–Crippen LogP) is 0.865. The van der Waals surface area contributed by atoms with Crippen LogP contribution in [0.25, 0.3) is 0 Å². The number of hydrogen-bond donors (Lipinski definition) is 2. The van der Waals surface area contributed by atoms with E-state index in [0.29, 0.717) is 19.1 Å². The van der Waals surface area contributed by atoms with Crippen molar-refractivity contribution in [2.24, 2.45) is 5.92 Å². The summed E-state index contributed by atoms with van der Waals surface area (Å²) in [5.41, 5.74) is -0.314. The summed E-state index contributed by atoms with van der Waals surface area (Å²) in [6.45, 7) is 5.32. The third-order valence-electron chi connectivity index (χ3n) is 4.25. The highest BCUT2D eigenvalue weighted by Gasteiger charge is 2.32. The van der Waals surface area contributed by atoms with Gasteiger partial charge in [-0.2, -0.15) is 0 Å². The lowest BCUT2D eigenvalue weighted by molar-refractivity contribution is 0.0537. The second kappa shape index (κ2) is 6.52. The molecule has 0 aliphatic carbocycles. The zero-order chi connectivity index (χ0) is 13.8. The lowest BCUT2D eigenvalue weighted by Gasteiger charge is -2.34. The van der Waals surface area contributed by atoms with Crippen molar-refractivity contribution in [3.05, 3.63) is 0 Å². The molecule has 0 aromatic rings. The summed E-state index contributed by atoms with van der Waals surface area (Å²) in [5.74, 6) is 0.814. The summed E-state index contributed by atoms with van der Waals surface area (Å²) in [6.07, 6.45) is 4.50. The first-order valence-electron chi connectivity index (χ1n) is 7.29. The minimum atomic E-state index is -3.16. The van der Waals surface area contributed by atoms with E-state index in [1.165, 1.54) is 0 Å². The summed E-state index contributed by atoms with van der Waals surface area (Å²) in [7, 11) is -3.16. The molecule has 2 aliphatic heterocycles. The Morgan fingerprint density at radius 3 is 2.53 bits per heavy atom. The van der Waals surface area contributed by atoms with Gasteiger partial charge in [0, 0.05) is 18.8 Å². The van der Waals surface area contributed by atoms with Gasteiger partial charge in [0.05, 0.1) is 5.75 Å². The Labute approximate surface area is 116 Å². The van der Waals surface area contributed by atoms with Crippen LogP contribution < -0.4 is 10.0 Å². The van der Waals surface area contributed by atoms with E-state index in [0.717, 1.165) is 45.2 Å². The molecule has 112 valence electrons. The van der Waals surface area contributed by atoms with Crippen LogP contribution >= 0.6 is 0 Å². The summed E-state index contributed by atoms with van der Waals surface area (Å²) >= 11 is 0. The van der Waals surface area contributed by atoms with Crippen LogP contribution in [0.4, 0.5) is 0 Å². The average Bonchev–Trinajstić information content (AvgIpc) is 2.37. The molecule has 0 saturated carbocycles. The number of ether oxygens (including phenoxy) is 1. The smallest absolute Gasteiger partial charge is 0.212 e. The standard InChI is InChI=1S/C13H26N2O3S/c1-13(5-9-18-10-6-13)15-19(16,17)11-4-12-2-7-14-8-3-12/h12,14-15H,2-11H2,1H3. The maximum Gasteiger partial charge on any atom is 0.212 e. The van der Waals surface area contributed by atoms with Gasteiger partial charge in [-0.15, -0.1) is 0 Å². The van der Waals surface area contributed by atoms with Crippen molar-refractivity contribution in [3.63, 3.8) is 0 Å². The van der Waals surface area contributed by atoms with E-state index in [4.69, 9.17) is 4.74 Å². The van der Waals surface area contributed by atoms with Crippen molar-refractivity contribution in [1.29, 1.82) is 0 Å². The van der Waals surface area contributed by atoms with E-state index in [9.17, 15) is 8.42 Å². The van der Waals surface area contributed by atoms with Crippen LogP contribution in [0.1, 0.15) is 39.0 Å². The minimum absolute atomic E-state index is 0.258. The van der Waals surface area contributed by atoms with Crippen LogP contribution in [-0.4, -0.2) is 46.0 Å². The van der Waals surface area contributed by atoms with Crippen molar-refractivity contribution < 1.29 is 13.2 Å². The number of sulfonamides is 1. The molecule has 2 saturated heterocycles. The van der Waals surface area contributed by atoms with Crippen LogP contribution in [0.15, 0.2) is 0 Å². The van der Waals surface area contributed by atoms with Gasteiger partial charge in [0.2, 0.25) is 10.0 Å². The third-order valence-corrected chi connectivity index (χ3v) is 5.83. The van der Waals surface area contributed by atoms with Gasteiger partial charge < -0.3 is 10.1 Å². The summed E-state index contributed by atoms with van der Waals surface area (Å²) in [4.78, 5) is 0. The molecule has 0 atom stereocenters. The van der Waals surface area contributed by atoms with Crippen LogP contribution in [0.2, 0.25) is 0 Å². The zero-order valence-corrected chi connectivity index (χ0v) is 12.6. The van der Waals surface area contributed by atoms with Crippen LogP contribution in [0.3, 0.4) is 0 Å². The SMILES string of the molecule is CC1(NS(=O)(=O)CCC2CCNCC2)CCOCC1. The monoisotopic (exact) mass is 290 g/mol. The maximum atomic E-state index is 12.2. The molecule has 2 aliphatic rings. The molecule has 0 unspecified atom stereocenters. The van der Waals surface area contributed by atoms with Crippen molar-refractivity contribution in [3.8, 4) is 0 Å². The van der Waals surface area contributed by atoms with E-state index in [-0.39, 0.29) is 11.3 Å². The highest BCUT2D eigenvalue weighted by Crippen LogP contribution is 2.22. The molecule has 0 spiro atoms. The first kappa shape index (κ1) is 15.2. The molecule has 2 heterocycles. The fourth-order valence-electron chi connectivity index (χ4n) is 2.84. The predicted molar refractivity (Wildman–Crippen MR) is 75.6 cm³/mol. The van der Waals surface area contributed by atoms with Crippen LogP contribution in [0, 0.1) is 5.92 Å². The van der Waals surface area contributed by atoms with E-state index in [1.54, 1.807) is 0 Å². The molecule has 5 nitrogen and oxygen atoms in total. The fourth-order valence-corrected chi connectivity index (χ4v) is 4.54. The Bertz CT molecular complexity index is 371. The first-order valence-corrected chi connectivity index (χ1v) is 8.94. The molecule has 2 rings (SSSR count). The summed E-state index contributed by atoms with van der Waals surface area (Å²) in [5, 5.41) is 3.30. The van der Waals surface area contributed by atoms with Gasteiger partial charge in [-0.1, -0.05) is 0 Å². The summed E-state index contributed by atoms with van der Waals surface area (Å²) < 4.78 is 32.5. The largest absolute Gasteiger partial charge is 0.381 e. The van der Waals surface area contributed by atoms with Gasteiger partial charge in [-0.25, -0.2) is 13.1 Å². The molecule has 0 amide bonds. The zero-order valence-electron chi connectivity index (χ0n) is 11.8. The van der Waals surface area contributed by atoms with Gasteiger partial charge in [0.1, 0.15) is 0 Å². The molecule has 2 fully saturated rings. The summed E-state index contributed by atoms with van der Waals surface area (Å²) in [6, 6.07) is 0. The molecule has 2 N–H and O–H groups in total. The van der Waals surface area contributed by atoms with Crippen LogP contribution in [0.5, 0.6) is 0 Å². The third kappa shape index (κ3) is 5.02. The number of nitrogens with one attached hydrogen (secondary N) is 2. The van der Waals surface area contributed by atoms with Crippen molar-refractivity contribution >= 4 is 10.0 Å². The Kier molecular flexibility index (Phi) is 5.22. The number of rotatable bonds is 5. The average molecular weight is 290 g/mol. The van der Waals surface area contributed by atoms with E-state index in [2.05, 4.69) is 10.0 Å². The van der Waals surface area contributed by atoms with Gasteiger partial charge in [0.15, 0.2) is 0 Å². The molecular weight excluding hydrogens is 264 g/mol. The van der Waals surface area contributed by atoms with Gasteiger partial charge in [-0.3, -0.25) is 0 Å². The molecule has 19 heavy (non-hydrogen) atoms. The van der Waals surface area contributed by atoms with Crippen molar-refractivity contribution in [2.75, 3.05) is 32.1 Å². The highest BCUT2D eigenvalue weighted by atomic mass is 32.2. The molecular formula is C13H26N2O3S. The number of piperidine rings is 1. The van der Waals surface area contributed by atoms with E-state index < -0.39 is 10.0 Å². The van der Waals surface area contributed by atoms with Gasteiger partial charge in [0.25, 0.3) is 0 Å². The topological polar surface area (TPSA) is 67.4 Å². The van der Waals surface area contributed by atoms with Crippen LogP contribution in [-0.2, 0) is 14.8 Å². The maximum absolute atomic E-state index is 12.2. The lowest BCUT2D eigenvalue weighted by atomic mass is 9.94. The number of hydrogen-bond acceptors (Lipinski definition) is 4. The second-order valence-corrected chi connectivity index (χ2v) is 7.92. The normalized spacial score (nSPS) is 25.3. The lowest BCUT2D eigenvalue weighted by Crippen LogP contribution is -2.50. The molecule has 0 aromatic carbocycles. The molecule has 6 heteroatoms. The van der Waals surface area contributed by atoms with Crippen molar-refractivity contribution in [2.45, 2.75) is 44.6 Å². The Hall–Kier alpha value is -0.170. The quantitative estimate of drug-likeness (QED) is 0.788. The second-order valence-electron chi connectivity index (χ2n) is 6.08. The van der Waals surface area contributed by atoms with Gasteiger partial charge >= 0.3 is 0 Å². The van der Waals surface area contributed by atoms with E-state index in [1.807, 2.05) is 6.92 Å². The van der Waals surface area contributed by atoms with E-state index >= 15 is 0 Å². The molecule has 0 bridgehead atoms. The van der Waals surface area contributed by atoms with Crippen molar-refractivity contribution in [1.82, 2.24) is 10.0 Å². The minimum Gasteiger partial charge on any atom is -0.381 e. The Balaban J connectivity index is 1.80. The van der Waals surface area contributed by atoms with Gasteiger partial charge in [-0.05, 0) is 58.0 Å². The Morgan fingerprint density at radius 1 is 1.26 bits per heavy atom. The Morgan fingerprint density at radius 2 is 1.89 bits per heavy atom. The highest BCUT2D eigenvalue weighted by molar-refractivity contribution is 7.89.